The zero-order valence-electron chi connectivity index (χ0n) is 35.1. The molecule has 6 heteroatoms. The molecule has 0 saturated carbocycles. The van der Waals surface area contributed by atoms with Crippen molar-refractivity contribution in [2.75, 3.05) is 6.61 Å². The molecule has 3 N–H and O–H groups in total. The first-order chi connectivity index (χ1) is 26.5. The lowest BCUT2D eigenvalue weighted by Gasteiger charge is -2.24. The molecule has 310 valence electrons. The zero-order valence-corrected chi connectivity index (χ0v) is 35.1. The van der Waals surface area contributed by atoms with Crippen molar-refractivity contribution in [3.8, 4) is 0 Å². The number of carbonyl (C=O) groups excluding carboxylic acids is 2. The van der Waals surface area contributed by atoms with Crippen LogP contribution in [0.1, 0.15) is 194 Å². The molecule has 0 bridgehead atoms. The number of allylic oxidation sites excluding steroid dienone is 12. The van der Waals surface area contributed by atoms with Crippen LogP contribution in [-0.2, 0) is 14.3 Å². The second-order valence-corrected chi connectivity index (χ2v) is 14.8. The van der Waals surface area contributed by atoms with Crippen molar-refractivity contribution in [1.82, 2.24) is 5.32 Å². The number of amides is 1. The van der Waals surface area contributed by atoms with Gasteiger partial charge in [-0.2, -0.15) is 0 Å². The number of unbranched alkanes of at least 4 members (excludes halogenated alkanes) is 18. The maximum absolute atomic E-state index is 13.1. The molecule has 1 amide bonds. The first-order valence-corrected chi connectivity index (χ1v) is 22.2. The second kappa shape index (κ2) is 41.5. The van der Waals surface area contributed by atoms with Crippen LogP contribution in [0.15, 0.2) is 72.9 Å². The van der Waals surface area contributed by atoms with Gasteiger partial charge < -0.3 is 20.3 Å². The highest BCUT2D eigenvalue weighted by atomic mass is 16.5. The molecule has 0 heterocycles. The van der Waals surface area contributed by atoms with E-state index in [2.05, 4.69) is 86.8 Å². The third-order valence-corrected chi connectivity index (χ3v) is 9.65. The van der Waals surface area contributed by atoms with Gasteiger partial charge in [0.25, 0.3) is 0 Å². The molecule has 0 fully saturated rings. The molecular weight excluding hydrogens is 671 g/mol. The molecule has 0 aromatic heterocycles. The predicted octanol–water partition coefficient (Wildman–Crippen LogP) is 12.7. The molecule has 0 radical (unpaired) electrons. The number of ether oxygens (including phenoxy) is 1. The smallest absolute Gasteiger partial charge is 0.306 e. The van der Waals surface area contributed by atoms with Crippen LogP contribution < -0.4 is 5.32 Å². The summed E-state index contributed by atoms with van der Waals surface area (Å²) in [5.41, 5.74) is 0. The Morgan fingerprint density at radius 3 is 1.52 bits per heavy atom. The summed E-state index contributed by atoms with van der Waals surface area (Å²) in [6.07, 6.45) is 51.1. The molecule has 0 aliphatic carbocycles. The summed E-state index contributed by atoms with van der Waals surface area (Å²) in [6.45, 7) is 6.16. The Morgan fingerprint density at radius 2 is 1.00 bits per heavy atom. The summed E-state index contributed by atoms with van der Waals surface area (Å²) in [6, 6.07) is -0.715. The number of aliphatic hydroxyl groups excluding tert-OH is 2. The zero-order chi connectivity index (χ0) is 39.6. The maximum Gasteiger partial charge on any atom is 0.306 e. The third-order valence-electron chi connectivity index (χ3n) is 9.65. The molecule has 6 nitrogen and oxygen atoms in total. The van der Waals surface area contributed by atoms with Gasteiger partial charge in [-0.3, -0.25) is 9.59 Å². The third kappa shape index (κ3) is 36.3. The Bertz CT molecular complexity index is 1030. The van der Waals surface area contributed by atoms with Crippen molar-refractivity contribution < 1.29 is 24.5 Å². The van der Waals surface area contributed by atoms with Gasteiger partial charge in [0, 0.05) is 6.42 Å². The number of aliphatic hydroxyl groups is 2. The van der Waals surface area contributed by atoms with Crippen LogP contribution in [-0.4, -0.2) is 46.9 Å². The van der Waals surface area contributed by atoms with Crippen LogP contribution in [0.4, 0.5) is 0 Å². The minimum absolute atomic E-state index is 0.0460. The van der Waals surface area contributed by atoms with Crippen LogP contribution in [0.2, 0.25) is 0 Å². The molecular formula is C48H83NO5. The minimum Gasteiger partial charge on any atom is -0.462 e. The van der Waals surface area contributed by atoms with Crippen LogP contribution in [0.5, 0.6) is 0 Å². The molecule has 0 spiro atoms. The monoisotopic (exact) mass is 754 g/mol. The summed E-state index contributed by atoms with van der Waals surface area (Å²) < 4.78 is 5.87. The SMILES string of the molecule is CC/C=C/C=C/C=C\CCCCCC(CC(=O)NC(CO)C(O)CCCCCCCCCCC)OC(=O)CCCCCCCCC/C=C/C=C/C=C/CC. The average molecular weight is 754 g/mol. The number of hydrogen-bond acceptors (Lipinski definition) is 5. The van der Waals surface area contributed by atoms with Gasteiger partial charge in [-0.15, -0.1) is 0 Å². The standard InChI is InChI=1S/C48H83NO5/c1-4-7-10-13-16-19-21-22-23-24-26-29-32-35-38-41-48(53)54-44(39-36-33-30-28-25-20-17-14-11-8-5-2)42-47(52)49-45(43-50)46(51)40-37-34-31-27-18-15-12-9-6-3/h7-8,10-11,13-14,16-17,19-21,25,44-46,50-51H,4-6,9,12,15,18,22-24,26-43H2,1-3H3,(H,49,52)/b10-7+,11-8+,16-13+,17-14+,21-19+,25-20-. The number of nitrogens with one attached hydrogen (secondary N) is 1. The van der Waals surface area contributed by atoms with E-state index in [1.54, 1.807) is 0 Å². The molecule has 3 unspecified atom stereocenters. The highest BCUT2D eigenvalue weighted by Gasteiger charge is 2.24. The number of esters is 1. The predicted molar refractivity (Wildman–Crippen MR) is 231 cm³/mol. The Hall–Kier alpha value is -2.70. The number of rotatable bonds is 38. The van der Waals surface area contributed by atoms with Crippen LogP contribution in [0.3, 0.4) is 0 Å². The van der Waals surface area contributed by atoms with Crippen molar-refractivity contribution in [2.45, 2.75) is 212 Å². The van der Waals surface area contributed by atoms with Crippen molar-refractivity contribution in [2.24, 2.45) is 0 Å². The molecule has 0 aliphatic rings. The van der Waals surface area contributed by atoms with Crippen molar-refractivity contribution >= 4 is 11.9 Å². The van der Waals surface area contributed by atoms with E-state index >= 15 is 0 Å². The molecule has 54 heavy (non-hydrogen) atoms. The van der Waals surface area contributed by atoms with E-state index in [1.807, 2.05) is 12.2 Å². The summed E-state index contributed by atoms with van der Waals surface area (Å²) in [5.74, 6) is -0.532. The van der Waals surface area contributed by atoms with E-state index in [4.69, 9.17) is 4.74 Å². The lowest BCUT2D eigenvalue weighted by molar-refractivity contribution is -0.151. The van der Waals surface area contributed by atoms with Crippen molar-refractivity contribution in [3.05, 3.63) is 72.9 Å². The Labute approximate surface area is 332 Å². The molecule has 0 aromatic rings. The Balaban J connectivity index is 4.65. The summed E-state index contributed by atoms with van der Waals surface area (Å²) in [4.78, 5) is 25.9. The van der Waals surface area contributed by atoms with E-state index in [9.17, 15) is 19.8 Å². The minimum atomic E-state index is -0.799. The summed E-state index contributed by atoms with van der Waals surface area (Å²) in [5, 5.41) is 23.5. The van der Waals surface area contributed by atoms with Crippen LogP contribution >= 0.6 is 0 Å². The van der Waals surface area contributed by atoms with Gasteiger partial charge in [0.15, 0.2) is 0 Å². The van der Waals surface area contributed by atoms with E-state index in [0.717, 1.165) is 83.5 Å². The van der Waals surface area contributed by atoms with Crippen molar-refractivity contribution in [3.63, 3.8) is 0 Å². The highest BCUT2D eigenvalue weighted by Crippen LogP contribution is 2.17. The lowest BCUT2D eigenvalue weighted by atomic mass is 10.0. The fourth-order valence-electron chi connectivity index (χ4n) is 6.31. The summed E-state index contributed by atoms with van der Waals surface area (Å²) >= 11 is 0. The quantitative estimate of drug-likeness (QED) is 0.0331. The van der Waals surface area contributed by atoms with Gasteiger partial charge in [0.2, 0.25) is 5.91 Å². The Kier molecular flexibility index (Phi) is 39.4. The molecule has 0 aromatic carbocycles. The van der Waals surface area contributed by atoms with Gasteiger partial charge in [-0.1, -0.05) is 190 Å². The first-order valence-electron chi connectivity index (χ1n) is 22.2. The second-order valence-electron chi connectivity index (χ2n) is 14.8. The number of hydrogen-bond donors (Lipinski definition) is 3. The highest BCUT2D eigenvalue weighted by molar-refractivity contribution is 5.77. The molecule has 0 rings (SSSR count). The maximum atomic E-state index is 13.1. The van der Waals surface area contributed by atoms with Gasteiger partial charge in [0.05, 0.1) is 25.2 Å². The van der Waals surface area contributed by atoms with Gasteiger partial charge >= 0.3 is 5.97 Å². The molecule has 0 aliphatic heterocycles. The van der Waals surface area contributed by atoms with E-state index < -0.39 is 18.2 Å². The van der Waals surface area contributed by atoms with Gasteiger partial charge in [-0.05, 0) is 64.2 Å². The first kappa shape index (κ1) is 51.3. The van der Waals surface area contributed by atoms with Gasteiger partial charge in [-0.25, -0.2) is 0 Å². The number of carbonyl (C=O) groups is 2. The topological polar surface area (TPSA) is 95.9 Å². The fraction of sp³-hybridized carbons (Fsp3) is 0.708. The average Bonchev–Trinajstić information content (AvgIpc) is 3.16. The van der Waals surface area contributed by atoms with E-state index in [0.29, 0.717) is 19.3 Å². The molecule has 0 saturated heterocycles. The van der Waals surface area contributed by atoms with Crippen LogP contribution in [0, 0.1) is 0 Å². The summed E-state index contributed by atoms with van der Waals surface area (Å²) in [7, 11) is 0. The lowest BCUT2D eigenvalue weighted by Crippen LogP contribution is -2.46. The fourth-order valence-corrected chi connectivity index (χ4v) is 6.31. The van der Waals surface area contributed by atoms with Gasteiger partial charge in [0.1, 0.15) is 6.10 Å². The largest absolute Gasteiger partial charge is 0.462 e. The van der Waals surface area contributed by atoms with Crippen LogP contribution in [0.25, 0.3) is 0 Å². The normalized spacial score (nSPS) is 14.1. The van der Waals surface area contributed by atoms with Crippen molar-refractivity contribution in [1.29, 1.82) is 0 Å². The molecule has 3 atom stereocenters. The van der Waals surface area contributed by atoms with E-state index in [-0.39, 0.29) is 24.9 Å². The van der Waals surface area contributed by atoms with E-state index in [1.165, 1.54) is 64.2 Å². The Morgan fingerprint density at radius 1 is 0.556 bits per heavy atom.